The number of pyridine rings is 1. The number of benzene rings is 2. The van der Waals surface area contributed by atoms with Crippen molar-refractivity contribution in [2.75, 3.05) is 17.7 Å². The molecule has 1 heterocycles. The average Bonchev–Trinajstić information content (AvgIpc) is 2.97. The molecule has 2 atom stereocenters. The number of nitrogens with zero attached hydrogens (tertiary/aromatic N) is 1. The number of aromatic nitrogens is 1. The second kappa shape index (κ2) is 15.4. The van der Waals surface area contributed by atoms with Gasteiger partial charge in [0.1, 0.15) is 5.75 Å². The smallest absolute Gasteiger partial charge is 0.241 e. The van der Waals surface area contributed by atoms with E-state index in [1.165, 1.54) is 31.4 Å². The maximum atomic E-state index is 13.1. The van der Waals surface area contributed by atoms with E-state index in [1.807, 2.05) is 26.0 Å². The first-order chi connectivity index (χ1) is 20.4. The highest BCUT2D eigenvalue weighted by molar-refractivity contribution is 7.89. The summed E-state index contributed by atoms with van der Waals surface area (Å²) in [4.78, 5) is 30.0. The Kier molecular flexibility index (Phi) is 12.2. The molecule has 0 saturated carbocycles. The maximum Gasteiger partial charge on any atom is 0.241 e. The van der Waals surface area contributed by atoms with Gasteiger partial charge in [0.05, 0.1) is 28.4 Å². The molecule has 0 bridgehead atoms. The third-order valence-corrected chi connectivity index (χ3v) is 8.86. The maximum absolute atomic E-state index is 13.1. The number of carbonyl (C=O) groups is 2. The van der Waals surface area contributed by atoms with Crippen LogP contribution in [0.1, 0.15) is 51.3 Å². The molecule has 0 aliphatic rings. The molecule has 0 fully saturated rings. The van der Waals surface area contributed by atoms with Gasteiger partial charge in [-0.1, -0.05) is 56.1 Å². The number of rotatable bonds is 14. The van der Waals surface area contributed by atoms with Gasteiger partial charge in [0.15, 0.2) is 0 Å². The van der Waals surface area contributed by atoms with Crippen LogP contribution >= 0.6 is 23.2 Å². The summed E-state index contributed by atoms with van der Waals surface area (Å²) in [6, 6.07) is 11.9. The molecule has 2 unspecified atom stereocenters. The van der Waals surface area contributed by atoms with Gasteiger partial charge in [-0.05, 0) is 55.5 Å². The zero-order valence-corrected chi connectivity index (χ0v) is 26.7. The summed E-state index contributed by atoms with van der Waals surface area (Å²) < 4.78 is 33.8. The lowest BCUT2D eigenvalue weighted by Gasteiger charge is -2.19. The predicted molar refractivity (Wildman–Crippen MR) is 168 cm³/mol. The summed E-state index contributed by atoms with van der Waals surface area (Å²) in [6.45, 7) is 5.48. The molecule has 0 spiro atoms. The number of carbonyl (C=O) groups excluding carboxylic acids is 2. The summed E-state index contributed by atoms with van der Waals surface area (Å²) in [6.07, 6.45) is 1.65. The van der Waals surface area contributed by atoms with Crippen LogP contribution in [0.15, 0.2) is 53.4 Å². The zero-order chi connectivity index (χ0) is 31.7. The molecule has 4 N–H and O–H groups in total. The topological polar surface area (TPSA) is 147 Å². The Bertz CT molecular complexity index is 1550. The van der Waals surface area contributed by atoms with Crippen molar-refractivity contribution in [1.82, 2.24) is 9.71 Å². The Morgan fingerprint density at radius 2 is 1.74 bits per heavy atom. The van der Waals surface area contributed by atoms with E-state index in [4.69, 9.17) is 27.9 Å². The second-order valence-corrected chi connectivity index (χ2v) is 12.5. The summed E-state index contributed by atoms with van der Waals surface area (Å²) in [5, 5.41) is 16.6. The summed E-state index contributed by atoms with van der Waals surface area (Å²) in [7, 11) is -2.58. The van der Waals surface area contributed by atoms with Crippen molar-refractivity contribution in [2.45, 2.75) is 63.8 Å². The second-order valence-electron chi connectivity index (χ2n) is 9.95. The molecule has 3 rings (SSSR count). The third kappa shape index (κ3) is 9.56. The van der Waals surface area contributed by atoms with Crippen LogP contribution in [0, 0.1) is 5.92 Å². The minimum atomic E-state index is -3.98. The molecule has 0 aliphatic carbocycles. The van der Waals surface area contributed by atoms with Crippen molar-refractivity contribution in [3.63, 3.8) is 0 Å². The monoisotopic (exact) mass is 650 g/mol. The molecule has 2 aromatic carbocycles. The van der Waals surface area contributed by atoms with Gasteiger partial charge in [-0.3, -0.25) is 9.59 Å². The van der Waals surface area contributed by atoms with Crippen LogP contribution in [0.25, 0.3) is 0 Å². The fraction of sp³-hybridized carbons (Fsp3) is 0.367. The Labute approximate surface area is 262 Å². The first kappa shape index (κ1) is 34.1. The fourth-order valence-electron chi connectivity index (χ4n) is 4.32. The summed E-state index contributed by atoms with van der Waals surface area (Å²) >= 11 is 12.4. The van der Waals surface area contributed by atoms with Crippen LogP contribution in [0.2, 0.25) is 10.0 Å². The van der Waals surface area contributed by atoms with E-state index in [0.29, 0.717) is 36.4 Å². The number of hydrogen-bond acceptors (Lipinski definition) is 7. The molecule has 2 amide bonds. The number of aromatic hydroxyl groups is 1. The lowest BCUT2D eigenvalue weighted by Crippen LogP contribution is -2.37. The van der Waals surface area contributed by atoms with Crippen LogP contribution in [0.4, 0.5) is 11.4 Å². The Hall–Kier alpha value is -3.38. The number of halogens is 2. The Morgan fingerprint density at radius 3 is 2.37 bits per heavy atom. The highest BCUT2D eigenvalue weighted by atomic mass is 35.5. The van der Waals surface area contributed by atoms with Crippen molar-refractivity contribution < 1.29 is 27.9 Å². The summed E-state index contributed by atoms with van der Waals surface area (Å²) in [5.74, 6) is -1.33. The highest BCUT2D eigenvalue weighted by Gasteiger charge is 2.24. The molecule has 0 aliphatic heterocycles. The van der Waals surface area contributed by atoms with Crippen LogP contribution in [0.3, 0.4) is 0 Å². The predicted octanol–water partition coefficient (Wildman–Crippen LogP) is 5.96. The molecule has 0 radical (unpaired) electrons. The first-order valence-electron chi connectivity index (χ1n) is 13.8. The van der Waals surface area contributed by atoms with Gasteiger partial charge in [-0.2, -0.15) is 0 Å². The van der Waals surface area contributed by atoms with Crippen LogP contribution < -0.4 is 20.1 Å². The number of phenolic OH excluding ortho intramolecular Hbond substituents is 1. The standard InChI is InChI=1S/C30H36Cl2N4O6S/c1-5-19(11-18-9-8-10-20(31)12-18)30(39)35-26-16-24(32)25(17-27(26)37)34-28(38)14-22(7-3)36-43(40,41)23-13-21(6-2)33-29(15-23)42-4/h8-10,12-13,15-17,19,22,36-37H,5-7,11,14H2,1-4H3,(H,34,38)(H,35,39). The number of hydrogen-bond donors (Lipinski definition) is 4. The Morgan fingerprint density at radius 1 is 1.00 bits per heavy atom. The minimum absolute atomic E-state index is 0.0152. The number of nitrogens with one attached hydrogen (secondary N) is 3. The molecule has 10 nitrogen and oxygen atoms in total. The zero-order valence-electron chi connectivity index (χ0n) is 24.4. The first-order valence-corrected chi connectivity index (χ1v) is 16.1. The number of ether oxygens (including phenoxy) is 1. The Balaban J connectivity index is 1.66. The SMILES string of the molecule is CCc1cc(S(=O)(=O)NC(CC)CC(=O)Nc2cc(O)c(NC(=O)C(CC)Cc3cccc(Cl)c3)cc2Cl)cc(OC)n1. The van der Waals surface area contributed by atoms with Gasteiger partial charge in [-0.15, -0.1) is 0 Å². The molecule has 232 valence electrons. The average molecular weight is 652 g/mol. The van der Waals surface area contributed by atoms with Crippen molar-refractivity contribution in [1.29, 1.82) is 0 Å². The largest absolute Gasteiger partial charge is 0.506 e. The van der Waals surface area contributed by atoms with Crippen LogP contribution in [-0.2, 0) is 32.5 Å². The van der Waals surface area contributed by atoms with Crippen LogP contribution in [0.5, 0.6) is 11.6 Å². The van der Waals surface area contributed by atoms with E-state index in [-0.39, 0.29) is 51.2 Å². The van der Waals surface area contributed by atoms with Crippen molar-refractivity contribution in [3.8, 4) is 11.6 Å². The van der Waals surface area contributed by atoms with Gasteiger partial charge < -0.3 is 20.5 Å². The molecule has 43 heavy (non-hydrogen) atoms. The molecular weight excluding hydrogens is 615 g/mol. The molecule has 1 aromatic heterocycles. The lowest BCUT2D eigenvalue weighted by atomic mass is 9.96. The summed E-state index contributed by atoms with van der Waals surface area (Å²) in [5.41, 5.74) is 1.66. The van der Waals surface area contributed by atoms with E-state index in [0.717, 1.165) is 5.56 Å². The fourth-order valence-corrected chi connectivity index (χ4v) is 6.12. The number of anilines is 2. The van der Waals surface area contributed by atoms with E-state index in [2.05, 4.69) is 20.3 Å². The van der Waals surface area contributed by atoms with Gasteiger partial charge in [0.25, 0.3) is 0 Å². The van der Waals surface area contributed by atoms with Gasteiger partial charge in [0.2, 0.25) is 27.7 Å². The van der Waals surface area contributed by atoms with Gasteiger partial charge in [-0.25, -0.2) is 18.1 Å². The van der Waals surface area contributed by atoms with E-state index >= 15 is 0 Å². The number of amides is 2. The van der Waals surface area contributed by atoms with Crippen molar-refractivity contribution >= 4 is 56.4 Å². The van der Waals surface area contributed by atoms with E-state index in [9.17, 15) is 23.1 Å². The van der Waals surface area contributed by atoms with Crippen LogP contribution in [-0.4, -0.2) is 43.5 Å². The van der Waals surface area contributed by atoms with Gasteiger partial charge >= 0.3 is 0 Å². The highest BCUT2D eigenvalue weighted by Crippen LogP contribution is 2.34. The van der Waals surface area contributed by atoms with Crippen molar-refractivity contribution in [2.24, 2.45) is 5.92 Å². The third-order valence-electron chi connectivity index (χ3n) is 6.81. The normalized spacial score (nSPS) is 12.8. The molecule has 0 saturated heterocycles. The van der Waals surface area contributed by atoms with E-state index in [1.54, 1.807) is 19.1 Å². The number of phenols is 1. The van der Waals surface area contributed by atoms with Gasteiger partial charge in [0, 0.05) is 41.2 Å². The van der Waals surface area contributed by atoms with Crippen molar-refractivity contribution in [3.05, 3.63) is 69.8 Å². The van der Waals surface area contributed by atoms with E-state index < -0.39 is 22.0 Å². The number of aryl methyl sites for hydroxylation is 1. The molecule has 13 heteroatoms. The molecular formula is C30H36Cl2N4O6S. The number of methoxy groups -OCH3 is 1. The lowest BCUT2D eigenvalue weighted by molar-refractivity contribution is -0.120. The quantitative estimate of drug-likeness (QED) is 0.157. The molecule has 3 aromatic rings. The minimum Gasteiger partial charge on any atom is -0.506 e. The number of sulfonamides is 1.